The van der Waals surface area contributed by atoms with Crippen LogP contribution in [0, 0.1) is 23.5 Å². The van der Waals surface area contributed by atoms with Crippen LogP contribution in [0.2, 0.25) is 0 Å². The van der Waals surface area contributed by atoms with Gasteiger partial charge in [-0.2, -0.15) is 4.98 Å². The summed E-state index contributed by atoms with van der Waals surface area (Å²) in [6, 6.07) is 6.30. The third kappa shape index (κ3) is 7.55. The lowest BCUT2D eigenvalue weighted by molar-refractivity contribution is -0.173. The van der Waals surface area contributed by atoms with E-state index in [1.165, 1.54) is 29.0 Å². The summed E-state index contributed by atoms with van der Waals surface area (Å²) in [6.45, 7) is 11.1. The Morgan fingerprint density at radius 2 is 1.66 bits per heavy atom. The number of hydrogen-bond donors (Lipinski definition) is 0. The first kappa shape index (κ1) is 39.2. The highest BCUT2D eigenvalue weighted by Crippen LogP contribution is 2.42. The first-order valence-corrected chi connectivity index (χ1v) is 19.8. The molecule has 306 valence electrons. The lowest BCUT2D eigenvalue weighted by atomic mass is 9.97. The van der Waals surface area contributed by atoms with Crippen LogP contribution in [-0.2, 0) is 23.8 Å². The molecule has 0 radical (unpaired) electrons. The van der Waals surface area contributed by atoms with E-state index in [0.29, 0.717) is 31.4 Å². The molecule has 0 N–H and O–H groups in total. The number of ether oxygens (including phenoxy) is 4. The van der Waals surface area contributed by atoms with E-state index in [2.05, 4.69) is 9.97 Å². The molecule has 1 saturated heterocycles. The van der Waals surface area contributed by atoms with E-state index in [-0.39, 0.29) is 76.8 Å². The molecule has 5 heterocycles. The molecular weight excluding hydrogens is 754 g/mol. The number of benzene rings is 1. The Morgan fingerprint density at radius 3 is 2.31 bits per heavy atom. The maximum Gasteiger partial charge on any atom is 0.410 e. The van der Waals surface area contributed by atoms with Gasteiger partial charge in [0.1, 0.15) is 35.3 Å². The highest BCUT2D eigenvalue weighted by atomic mass is 19.1. The van der Waals surface area contributed by atoms with Crippen molar-refractivity contribution in [2.75, 3.05) is 31.1 Å². The number of aromatic nitrogens is 4. The Bertz CT molecular complexity index is 2370. The molecule has 2 aliphatic heterocycles. The van der Waals surface area contributed by atoms with E-state index < -0.39 is 71.5 Å². The lowest BCUT2D eigenvalue weighted by Crippen LogP contribution is -2.55. The minimum Gasteiger partial charge on any atom is -0.489 e. The maximum absolute atomic E-state index is 16.7. The van der Waals surface area contributed by atoms with Gasteiger partial charge in [-0.3, -0.25) is 14.6 Å². The van der Waals surface area contributed by atoms with Crippen LogP contribution < -0.4 is 15.3 Å². The summed E-state index contributed by atoms with van der Waals surface area (Å²) in [4.78, 5) is 72.2. The fourth-order valence-electron chi connectivity index (χ4n) is 7.50. The van der Waals surface area contributed by atoms with Gasteiger partial charge in [0.25, 0.3) is 0 Å². The van der Waals surface area contributed by atoms with Crippen LogP contribution in [0.15, 0.2) is 41.3 Å². The minimum absolute atomic E-state index is 0.0853. The first-order chi connectivity index (χ1) is 27.6. The Hall–Kier alpha value is -5.67. The molecule has 4 aromatic rings. The van der Waals surface area contributed by atoms with Crippen molar-refractivity contribution < 1.29 is 42.1 Å². The highest BCUT2D eigenvalue weighted by Gasteiger charge is 2.43. The first-order valence-electron chi connectivity index (χ1n) is 19.8. The van der Waals surface area contributed by atoms with E-state index in [1.807, 2.05) is 20.8 Å². The van der Waals surface area contributed by atoms with Crippen LogP contribution in [-0.4, -0.2) is 86.4 Å². The zero-order valence-corrected chi connectivity index (χ0v) is 33.3. The second-order valence-electron chi connectivity index (χ2n) is 16.8. The van der Waals surface area contributed by atoms with Crippen molar-refractivity contribution in [2.24, 2.45) is 11.8 Å². The third-order valence-corrected chi connectivity index (χ3v) is 10.7. The smallest absolute Gasteiger partial charge is 0.410 e. The number of carbonyl (C=O) groups is 3. The zero-order valence-electron chi connectivity index (χ0n) is 33.3. The summed E-state index contributed by atoms with van der Waals surface area (Å²) >= 11 is 0. The lowest BCUT2D eigenvalue weighted by Gasteiger charge is -2.41. The summed E-state index contributed by atoms with van der Waals surface area (Å²) in [7, 11) is 0. The number of nitrogens with zero attached hydrogens (tertiary/aromatic N) is 6. The van der Waals surface area contributed by atoms with E-state index in [0.717, 1.165) is 6.07 Å². The average molecular weight is 801 g/mol. The van der Waals surface area contributed by atoms with Gasteiger partial charge in [-0.05, 0) is 83.6 Å². The fraction of sp³-hybridized carbons (Fsp3) is 0.500. The number of carbonyl (C=O) groups excluding carboxylic acids is 3. The van der Waals surface area contributed by atoms with Crippen molar-refractivity contribution in [3.8, 4) is 22.7 Å². The van der Waals surface area contributed by atoms with Gasteiger partial charge in [0.15, 0.2) is 23.7 Å². The molecule has 3 fully saturated rings. The third-order valence-electron chi connectivity index (χ3n) is 10.7. The summed E-state index contributed by atoms with van der Waals surface area (Å²) in [5.41, 5.74) is -1.60. The van der Waals surface area contributed by atoms with Gasteiger partial charge in [-0.1, -0.05) is 19.9 Å². The van der Waals surface area contributed by atoms with Crippen LogP contribution in [0.25, 0.3) is 28.0 Å². The van der Waals surface area contributed by atoms with Crippen molar-refractivity contribution in [3.05, 3.63) is 69.9 Å². The summed E-state index contributed by atoms with van der Waals surface area (Å²) in [5, 5.41) is 0.113. The molecule has 2 aliphatic carbocycles. The summed E-state index contributed by atoms with van der Waals surface area (Å²) in [5.74, 6) is -3.87. The molecule has 14 nitrogen and oxygen atoms in total. The van der Waals surface area contributed by atoms with Crippen molar-refractivity contribution >= 4 is 34.9 Å². The minimum atomic E-state index is -1.33. The van der Waals surface area contributed by atoms with E-state index in [4.69, 9.17) is 23.9 Å². The van der Waals surface area contributed by atoms with Crippen LogP contribution in [0.4, 0.5) is 19.4 Å². The molecule has 0 spiro atoms. The molecule has 1 amide bonds. The summed E-state index contributed by atoms with van der Waals surface area (Å²) < 4.78 is 58.1. The number of esters is 2. The topological polar surface area (TPSA) is 155 Å². The molecule has 3 aromatic heterocycles. The second-order valence-corrected chi connectivity index (χ2v) is 16.8. The van der Waals surface area contributed by atoms with Gasteiger partial charge in [0, 0.05) is 37.4 Å². The SMILES string of the molecule is CC(C)c1nccc2c1-n1c(=O)nc(N3CCN(C(=O)OC(C)(C)C)C[C@@H]3C)c3cc(F)c(nc31)-c1c(F)cccc1OCC(OC(=O)C1CC1)C2OC(=O)C1CC1. The molecule has 2 bridgehead atoms. The van der Waals surface area contributed by atoms with Gasteiger partial charge >= 0.3 is 23.7 Å². The average Bonchev–Trinajstić information content (AvgIpc) is 4.08. The predicted octanol–water partition coefficient (Wildman–Crippen LogP) is 6.40. The molecule has 58 heavy (non-hydrogen) atoms. The predicted molar refractivity (Wildman–Crippen MR) is 207 cm³/mol. The van der Waals surface area contributed by atoms with Gasteiger partial charge in [0.05, 0.1) is 34.2 Å². The maximum atomic E-state index is 16.7. The van der Waals surface area contributed by atoms with Gasteiger partial charge in [-0.15, -0.1) is 0 Å². The normalized spacial score (nSPS) is 20.7. The molecule has 8 rings (SSSR count). The highest BCUT2D eigenvalue weighted by molar-refractivity contribution is 5.91. The van der Waals surface area contributed by atoms with E-state index >= 15 is 8.78 Å². The van der Waals surface area contributed by atoms with E-state index in [1.54, 1.807) is 36.6 Å². The second kappa shape index (κ2) is 14.9. The van der Waals surface area contributed by atoms with Crippen LogP contribution in [0.1, 0.15) is 90.5 Å². The van der Waals surface area contributed by atoms with Crippen LogP contribution in [0.5, 0.6) is 5.75 Å². The quantitative estimate of drug-likeness (QED) is 0.157. The van der Waals surface area contributed by atoms with Gasteiger partial charge < -0.3 is 28.7 Å². The Morgan fingerprint density at radius 1 is 0.948 bits per heavy atom. The number of pyridine rings is 2. The van der Waals surface area contributed by atoms with Crippen molar-refractivity contribution in [1.82, 2.24) is 24.4 Å². The van der Waals surface area contributed by atoms with Gasteiger partial charge in [-0.25, -0.2) is 27.9 Å². The van der Waals surface area contributed by atoms with Crippen LogP contribution >= 0.6 is 0 Å². The zero-order chi connectivity index (χ0) is 41.2. The Labute approximate surface area is 333 Å². The number of rotatable bonds is 6. The number of halogens is 2. The number of anilines is 1. The molecule has 1 aromatic carbocycles. The number of piperazine rings is 1. The van der Waals surface area contributed by atoms with E-state index in [9.17, 15) is 19.2 Å². The number of fused-ring (bicyclic) bond motifs is 5. The van der Waals surface area contributed by atoms with Gasteiger partial charge in [0.2, 0.25) is 0 Å². The molecular formula is C42H46F2N6O8. The van der Waals surface area contributed by atoms with Crippen molar-refractivity contribution in [1.29, 1.82) is 0 Å². The number of amides is 1. The molecule has 16 heteroatoms. The monoisotopic (exact) mass is 800 g/mol. The Kier molecular flexibility index (Phi) is 10.1. The fourth-order valence-corrected chi connectivity index (χ4v) is 7.50. The molecule has 2 saturated carbocycles. The van der Waals surface area contributed by atoms with Crippen LogP contribution in [0.3, 0.4) is 0 Å². The standard InChI is InChI=1S/C42H46F2N6O8/c1-21(2)32-34-25(14-15-45-32)35(57-39(52)24-12-13-24)30(56-38(51)23-10-11-23)20-55-29-9-7-8-27(43)31(29)33-28(44)18-26-36(47-40(53)50(34)37(26)46-33)49-17-16-48(19-22(49)3)41(54)58-42(4,5)6/h7-9,14-15,18,21-24,30,35H,10-13,16-17,19-20H2,1-6H3/t22-,30?,35?/m0/s1. The van der Waals surface area contributed by atoms with Crippen molar-refractivity contribution in [3.63, 3.8) is 0 Å². The van der Waals surface area contributed by atoms with Crippen molar-refractivity contribution in [2.45, 2.75) is 97.0 Å². The largest absolute Gasteiger partial charge is 0.489 e. The molecule has 4 aliphatic rings. The summed E-state index contributed by atoms with van der Waals surface area (Å²) in [6.07, 6.45) is 0.921. The number of hydrogen-bond acceptors (Lipinski definition) is 12. The molecule has 3 atom stereocenters. The molecule has 2 unspecified atom stereocenters. The Balaban J connectivity index is 1.38.